The minimum Gasteiger partial charge on any atom is -0.550 e. The van der Waals surface area contributed by atoms with E-state index in [0.29, 0.717) is 5.56 Å². The predicted molar refractivity (Wildman–Crippen MR) is 94.6 cm³/mol. The molecule has 1 aromatic heterocycles. The zero-order valence-corrected chi connectivity index (χ0v) is 19.4. The van der Waals surface area contributed by atoms with E-state index in [1.807, 2.05) is 13.8 Å². The number of aliphatic carboxylic acids is 1. The van der Waals surface area contributed by atoms with Gasteiger partial charge in [0, 0.05) is 12.2 Å². The van der Waals surface area contributed by atoms with Gasteiger partial charge in [-0.05, 0) is 31.4 Å². The maximum absolute atomic E-state index is 13.1. The van der Waals surface area contributed by atoms with Crippen LogP contribution in [0.4, 0.5) is 0 Å². The molecule has 3 heterocycles. The fourth-order valence-corrected chi connectivity index (χ4v) is 3.56. The van der Waals surface area contributed by atoms with Crippen molar-refractivity contribution in [3.63, 3.8) is 0 Å². The number of pyridine rings is 1. The first-order chi connectivity index (χ1) is 13.6. The van der Waals surface area contributed by atoms with Gasteiger partial charge in [0.2, 0.25) is 5.91 Å². The van der Waals surface area contributed by atoms with Crippen LogP contribution in [0.15, 0.2) is 18.3 Å². The van der Waals surface area contributed by atoms with E-state index < -0.39 is 29.7 Å². The van der Waals surface area contributed by atoms with Gasteiger partial charge in [-0.2, -0.15) is 0 Å². The predicted octanol–water partition coefficient (Wildman–Crippen LogP) is -3.71. The summed E-state index contributed by atoms with van der Waals surface area (Å²) < 4.78 is 10.9. The molecule has 2 amide bonds. The molecule has 1 fully saturated rings. The molecule has 1 saturated heterocycles. The SMILES string of the molecule is CC(C)C1(C)C(=O)NC2(OCCOC(=O)CCC(=O)[O-])c3ncccc3C(=O)N21.[Na+]. The van der Waals surface area contributed by atoms with Crippen LogP contribution in [0.5, 0.6) is 0 Å². The van der Waals surface area contributed by atoms with Crippen LogP contribution in [0, 0.1) is 5.92 Å². The van der Waals surface area contributed by atoms with Gasteiger partial charge in [0.15, 0.2) is 0 Å². The summed E-state index contributed by atoms with van der Waals surface area (Å²) in [7, 11) is 0. The fraction of sp³-hybridized carbons (Fsp3) is 0.526. The summed E-state index contributed by atoms with van der Waals surface area (Å²) in [4.78, 5) is 53.5. The number of rotatable bonds is 8. The normalized spacial score (nSPS) is 24.2. The van der Waals surface area contributed by atoms with Gasteiger partial charge >= 0.3 is 35.5 Å². The smallest absolute Gasteiger partial charge is 0.550 e. The third-order valence-electron chi connectivity index (χ3n) is 5.40. The standard InChI is InChI=1S/C19H23N3O7.Na/c1-11(2)18(3)17(27)21-19(29-10-9-28-14(25)7-6-13(23)24)15-12(5-4-8-20-15)16(26)22(18)19;/h4-5,8,11H,6-7,9-10H2,1-3H3,(H,21,27)(H,23,24);/q;+1/p-1. The second kappa shape index (κ2) is 9.01. The van der Waals surface area contributed by atoms with Crippen molar-refractivity contribution in [2.45, 2.75) is 45.0 Å². The average Bonchev–Trinajstić information content (AvgIpc) is 3.06. The summed E-state index contributed by atoms with van der Waals surface area (Å²) in [6.45, 7) is 5.00. The first-order valence-electron chi connectivity index (χ1n) is 9.26. The Bertz CT molecular complexity index is 877. The Labute approximate surface area is 195 Å². The van der Waals surface area contributed by atoms with Crippen molar-refractivity contribution >= 4 is 23.8 Å². The topological polar surface area (TPSA) is 138 Å². The van der Waals surface area contributed by atoms with Gasteiger partial charge < -0.3 is 24.7 Å². The molecule has 0 spiro atoms. The van der Waals surface area contributed by atoms with E-state index in [2.05, 4.69) is 10.3 Å². The van der Waals surface area contributed by atoms with Crippen molar-refractivity contribution < 1.29 is 63.3 Å². The van der Waals surface area contributed by atoms with Crippen LogP contribution in [-0.2, 0) is 29.7 Å². The van der Waals surface area contributed by atoms with Crippen molar-refractivity contribution in [1.82, 2.24) is 15.2 Å². The molecule has 10 nitrogen and oxygen atoms in total. The summed E-state index contributed by atoms with van der Waals surface area (Å²) >= 11 is 0. The maximum atomic E-state index is 13.1. The summed E-state index contributed by atoms with van der Waals surface area (Å²) in [5.41, 5.74) is -0.570. The Balaban J connectivity index is 0.00000320. The summed E-state index contributed by atoms with van der Waals surface area (Å²) in [6.07, 6.45) is 0.745. The van der Waals surface area contributed by atoms with Crippen LogP contribution in [0.3, 0.4) is 0 Å². The summed E-state index contributed by atoms with van der Waals surface area (Å²) in [5.74, 6) is -4.62. The van der Waals surface area contributed by atoms with Crippen molar-refractivity contribution in [3.05, 3.63) is 29.6 Å². The minimum atomic E-state index is -1.60. The first-order valence-corrected chi connectivity index (χ1v) is 9.26. The van der Waals surface area contributed by atoms with E-state index in [0.717, 1.165) is 0 Å². The Morgan fingerprint density at radius 3 is 2.60 bits per heavy atom. The zero-order valence-electron chi connectivity index (χ0n) is 17.4. The van der Waals surface area contributed by atoms with E-state index in [1.165, 1.54) is 11.1 Å². The number of hydrogen-bond donors (Lipinski definition) is 1. The van der Waals surface area contributed by atoms with Crippen molar-refractivity contribution in [2.75, 3.05) is 13.2 Å². The van der Waals surface area contributed by atoms with Crippen LogP contribution in [-0.4, -0.2) is 52.4 Å². The summed E-state index contributed by atoms with van der Waals surface area (Å²) in [5, 5.41) is 13.2. The molecule has 0 aromatic carbocycles. The third kappa shape index (κ3) is 3.84. The number of carbonyl (C=O) groups is 4. The number of ether oxygens (including phenoxy) is 2. The Hall–Kier alpha value is -2.01. The number of carboxylic acids is 1. The van der Waals surface area contributed by atoms with Crippen LogP contribution in [0.2, 0.25) is 0 Å². The second-order valence-electron chi connectivity index (χ2n) is 7.38. The Morgan fingerprint density at radius 2 is 1.97 bits per heavy atom. The Kier molecular flexibility index (Phi) is 7.28. The summed E-state index contributed by atoms with van der Waals surface area (Å²) in [6, 6.07) is 3.24. The monoisotopic (exact) mass is 427 g/mol. The zero-order chi connectivity index (χ0) is 21.4. The fourth-order valence-electron chi connectivity index (χ4n) is 3.56. The third-order valence-corrected chi connectivity index (χ3v) is 5.40. The molecule has 156 valence electrons. The van der Waals surface area contributed by atoms with Gasteiger partial charge in [0.1, 0.15) is 17.8 Å². The molecule has 30 heavy (non-hydrogen) atoms. The second-order valence-corrected chi connectivity index (χ2v) is 7.38. The maximum Gasteiger partial charge on any atom is 1.00 e. The molecule has 0 bridgehead atoms. The molecule has 0 radical (unpaired) electrons. The number of hydrogen-bond acceptors (Lipinski definition) is 8. The molecule has 1 N–H and O–H groups in total. The number of fused-ring (bicyclic) bond motifs is 3. The molecule has 2 aliphatic heterocycles. The largest absolute Gasteiger partial charge is 1.00 e. The van der Waals surface area contributed by atoms with E-state index in [4.69, 9.17) is 9.47 Å². The van der Waals surface area contributed by atoms with Gasteiger partial charge in [-0.3, -0.25) is 24.3 Å². The van der Waals surface area contributed by atoms with Crippen molar-refractivity contribution in [2.24, 2.45) is 5.92 Å². The van der Waals surface area contributed by atoms with Crippen LogP contribution < -0.4 is 40.0 Å². The molecule has 0 saturated carbocycles. The van der Waals surface area contributed by atoms with Crippen LogP contribution >= 0.6 is 0 Å². The van der Waals surface area contributed by atoms with Gasteiger partial charge in [-0.15, -0.1) is 0 Å². The van der Waals surface area contributed by atoms with Gasteiger partial charge in [-0.1, -0.05) is 13.8 Å². The Morgan fingerprint density at radius 1 is 1.27 bits per heavy atom. The average molecular weight is 427 g/mol. The van der Waals surface area contributed by atoms with Gasteiger partial charge in [0.25, 0.3) is 11.8 Å². The van der Waals surface area contributed by atoms with E-state index >= 15 is 0 Å². The number of carbonyl (C=O) groups excluding carboxylic acids is 4. The van der Waals surface area contributed by atoms with Crippen LogP contribution in [0.1, 0.15) is 49.7 Å². The molecule has 3 rings (SSSR count). The van der Waals surface area contributed by atoms with Crippen LogP contribution in [0.25, 0.3) is 0 Å². The van der Waals surface area contributed by atoms with E-state index in [1.54, 1.807) is 19.1 Å². The first kappa shape index (κ1) is 24.3. The minimum absolute atomic E-state index is 0. The molecule has 0 aliphatic carbocycles. The molecular weight excluding hydrogens is 405 g/mol. The molecule has 2 unspecified atom stereocenters. The number of nitrogens with one attached hydrogen (secondary N) is 1. The van der Waals surface area contributed by atoms with Gasteiger partial charge in [-0.25, -0.2) is 0 Å². The number of carboxylic acid groups (broad SMARTS) is 1. The molecule has 11 heteroatoms. The molecule has 2 atom stereocenters. The number of esters is 1. The van der Waals surface area contributed by atoms with E-state index in [-0.39, 0.29) is 72.6 Å². The van der Waals surface area contributed by atoms with Crippen molar-refractivity contribution in [1.29, 1.82) is 0 Å². The van der Waals surface area contributed by atoms with Gasteiger partial charge in [0.05, 0.1) is 18.6 Å². The molecule has 1 aromatic rings. The number of nitrogens with zero attached hydrogens (tertiary/aromatic N) is 2. The van der Waals surface area contributed by atoms with Crippen molar-refractivity contribution in [3.8, 4) is 0 Å². The molecule has 2 aliphatic rings. The quantitative estimate of drug-likeness (QED) is 0.254. The number of amides is 2. The molecular formula is C19H22N3NaO7. The van der Waals surface area contributed by atoms with E-state index in [9.17, 15) is 24.3 Å². The number of aromatic nitrogens is 1.